The third kappa shape index (κ3) is 4.95. The van der Waals surface area contributed by atoms with E-state index in [1.807, 2.05) is 13.0 Å². The number of carbonyl (C=O) groups is 2. The molecule has 3 rings (SSSR count). The zero-order chi connectivity index (χ0) is 20.3. The first-order valence-electron chi connectivity index (χ1n) is 8.68. The largest absolute Gasteiger partial charge is 0.326 e. The summed E-state index contributed by atoms with van der Waals surface area (Å²) in [6, 6.07) is 11.8. The first kappa shape index (κ1) is 20.9. The molecule has 1 atom stereocenters. The fourth-order valence-electron chi connectivity index (χ4n) is 2.73. The summed E-state index contributed by atoms with van der Waals surface area (Å²) in [5, 5.41) is 5.28. The van der Waals surface area contributed by atoms with Gasteiger partial charge in [0.2, 0.25) is 11.8 Å². The molecule has 0 saturated heterocycles. The van der Waals surface area contributed by atoms with Crippen LogP contribution in [-0.4, -0.2) is 31.2 Å². The van der Waals surface area contributed by atoms with Crippen molar-refractivity contribution in [2.24, 2.45) is 0 Å². The maximum Gasteiger partial charge on any atom is 0.237 e. The summed E-state index contributed by atoms with van der Waals surface area (Å²) in [6.45, 7) is 1.93. The van der Waals surface area contributed by atoms with Crippen molar-refractivity contribution in [3.05, 3.63) is 46.9 Å². The standard InChI is InChI=1S/C19H19BrN2O4S2/c1-2-16-19(24)22-15-11-14(6-7-17(15)27-16)28(25,26)9-8-18(23)21-13-5-3-4-12(20)10-13/h3-7,10-11,16H,2,8-9H2,1H3,(H,21,23)(H,22,24)/t16-/m1/s1. The Bertz CT molecular complexity index is 1020. The van der Waals surface area contributed by atoms with Crippen LogP contribution in [0, 0.1) is 0 Å². The van der Waals surface area contributed by atoms with Gasteiger partial charge < -0.3 is 10.6 Å². The molecule has 0 aromatic heterocycles. The Morgan fingerprint density at radius 1 is 1.25 bits per heavy atom. The summed E-state index contributed by atoms with van der Waals surface area (Å²) in [6.07, 6.45) is 0.536. The van der Waals surface area contributed by atoms with Gasteiger partial charge in [-0.1, -0.05) is 28.9 Å². The number of fused-ring (bicyclic) bond motifs is 1. The number of sulfone groups is 1. The third-order valence-electron chi connectivity index (χ3n) is 4.21. The highest BCUT2D eigenvalue weighted by Crippen LogP contribution is 2.38. The molecular weight excluding hydrogens is 464 g/mol. The van der Waals surface area contributed by atoms with Crippen LogP contribution in [0.1, 0.15) is 19.8 Å². The number of hydrogen-bond donors (Lipinski definition) is 2. The summed E-state index contributed by atoms with van der Waals surface area (Å²) >= 11 is 4.75. The number of amides is 2. The van der Waals surface area contributed by atoms with E-state index in [1.54, 1.807) is 24.3 Å². The zero-order valence-electron chi connectivity index (χ0n) is 15.1. The quantitative estimate of drug-likeness (QED) is 0.646. The van der Waals surface area contributed by atoms with Crippen LogP contribution in [0.25, 0.3) is 0 Å². The van der Waals surface area contributed by atoms with E-state index in [4.69, 9.17) is 0 Å². The lowest BCUT2D eigenvalue weighted by Gasteiger charge is -2.23. The first-order valence-corrected chi connectivity index (χ1v) is 12.0. The van der Waals surface area contributed by atoms with E-state index in [2.05, 4.69) is 26.6 Å². The lowest BCUT2D eigenvalue weighted by molar-refractivity contribution is -0.116. The Morgan fingerprint density at radius 2 is 2.04 bits per heavy atom. The van der Waals surface area contributed by atoms with Crippen LogP contribution in [-0.2, 0) is 19.4 Å². The SMILES string of the molecule is CC[C@H]1Sc2ccc(S(=O)(=O)CCC(=O)Nc3cccc(Br)c3)cc2NC1=O. The molecule has 0 unspecified atom stereocenters. The lowest BCUT2D eigenvalue weighted by atomic mass is 10.2. The maximum atomic E-state index is 12.6. The van der Waals surface area contributed by atoms with Crippen LogP contribution in [0.2, 0.25) is 0 Å². The average molecular weight is 483 g/mol. The Kier molecular flexibility index (Phi) is 6.47. The molecule has 1 heterocycles. The average Bonchev–Trinajstić information content (AvgIpc) is 2.65. The highest BCUT2D eigenvalue weighted by atomic mass is 79.9. The van der Waals surface area contributed by atoms with Crippen LogP contribution in [0.4, 0.5) is 11.4 Å². The number of nitrogens with one attached hydrogen (secondary N) is 2. The molecule has 6 nitrogen and oxygen atoms in total. The van der Waals surface area contributed by atoms with Crippen LogP contribution in [0.3, 0.4) is 0 Å². The predicted molar refractivity (Wildman–Crippen MR) is 114 cm³/mol. The molecule has 28 heavy (non-hydrogen) atoms. The molecule has 2 amide bonds. The number of carbonyl (C=O) groups excluding carboxylic acids is 2. The van der Waals surface area contributed by atoms with Crippen molar-refractivity contribution >= 4 is 60.7 Å². The minimum absolute atomic E-state index is 0.0948. The molecule has 2 N–H and O–H groups in total. The van der Waals surface area contributed by atoms with Gasteiger partial charge in [-0.05, 0) is 42.8 Å². The second-order valence-corrected chi connectivity index (χ2v) is 10.6. The molecule has 1 aliphatic rings. The van der Waals surface area contributed by atoms with Crippen molar-refractivity contribution in [3.63, 3.8) is 0 Å². The topological polar surface area (TPSA) is 92.3 Å². The minimum atomic E-state index is -3.66. The van der Waals surface area contributed by atoms with Crippen molar-refractivity contribution in [2.45, 2.75) is 34.8 Å². The molecule has 0 bridgehead atoms. The minimum Gasteiger partial charge on any atom is -0.326 e. The third-order valence-corrected chi connectivity index (χ3v) is 7.86. The van der Waals surface area contributed by atoms with Crippen molar-refractivity contribution in [1.82, 2.24) is 0 Å². The summed E-state index contributed by atoms with van der Waals surface area (Å²) in [4.78, 5) is 25.1. The molecule has 0 spiro atoms. The number of hydrogen-bond acceptors (Lipinski definition) is 5. The monoisotopic (exact) mass is 482 g/mol. The van der Waals surface area contributed by atoms with Gasteiger partial charge in [0.1, 0.15) is 0 Å². The van der Waals surface area contributed by atoms with Gasteiger partial charge in [0.25, 0.3) is 0 Å². The summed E-state index contributed by atoms with van der Waals surface area (Å²) < 4.78 is 26.1. The normalized spacial score (nSPS) is 16.2. The molecule has 0 aliphatic carbocycles. The highest BCUT2D eigenvalue weighted by Gasteiger charge is 2.27. The molecule has 0 fully saturated rings. The number of anilines is 2. The first-order chi connectivity index (χ1) is 13.3. The predicted octanol–water partition coefficient (Wildman–Crippen LogP) is 4.07. The van der Waals surface area contributed by atoms with Gasteiger partial charge in [-0.15, -0.1) is 11.8 Å². The van der Waals surface area contributed by atoms with Crippen LogP contribution in [0.5, 0.6) is 0 Å². The Morgan fingerprint density at radius 3 is 2.75 bits per heavy atom. The van der Waals surface area contributed by atoms with E-state index in [9.17, 15) is 18.0 Å². The zero-order valence-corrected chi connectivity index (χ0v) is 18.3. The molecule has 1 aliphatic heterocycles. The lowest BCUT2D eigenvalue weighted by Crippen LogP contribution is -2.28. The molecule has 0 saturated carbocycles. The second kappa shape index (κ2) is 8.67. The number of benzene rings is 2. The summed E-state index contributed by atoms with van der Waals surface area (Å²) in [7, 11) is -3.66. The molecule has 0 radical (unpaired) electrons. The Labute approximate surface area is 176 Å². The van der Waals surface area contributed by atoms with Crippen molar-refractivity contribution in [2.75, 3.05) is 16.4 Å². The van der Waals surface area contributed by atoms with E-state index in [-0.39, 0.29) is 34.1 Å². The Hall–Kier alpha value is -1.84. The van der Waals surface area contributed by atoms with E-state index in [0.29, 0.717) is 17.8 Å². The van der Waals surface area contributed by atoms with E-state index < -0.39 is 9.84 Å². The van der Waals surface area contributed by atoms with Gasteiger partial charge in [0, 0.05) is 21.5 Å². The van der Waals surface area contributed by atoms with Gasteiger partial charge in [-0.2, -0.15) is 0 Å². The number of thioether (sulfide) groups is 1. The fraction of sp³-hybridized carbons (Fsp3) is 0.263. The molecule has 9 heteroatoms. The Balaban J connectivity index is 1.67. The van der Waals surface area contributed by atoms with Gasteiger partial charge in [0.05, 0.1) is 21.6 Å². The highest BCUT2D eigenvalue weighted by molar-refractivity contribution is 9.10. The van der Waals surface area contributed by atoms with E-state index >= 15 is 0 Å². The molecule has 2 aromatic carbocycles. The van der Waals surface area contributed by atoms with Crippen LogP contribution >= 0.6 is 27.7 Å². The number of halogens is 1. The molecular formula is C19H19BrN2O4S2. The maximum absolute atomic E-state index is 12.6. The van der Waals surface area contributed by atoms with Gasteiger partial charge in [-0.25, -0.2) is 8.42 Å². The second-order valence-electron chi connectivity index (χ2n) is 6.29. The summed E-state index contributed by atoms with van der Waals surface area (Å²) in [5.74, 6) is -0.818. The smallest absolute Gasteiger partial charge is 0.237 e. The van der Waals surface area contributed by atoms with Gasteiger partial charge in [-0.3, -0.25) is 9.59 Å². The van der Waals surface area contributed by atoms with E-state index in [0.717, 1.165) is 9.37 Å². The fourth-order valence-corrected chi connectivity index (χ4v) is 5.41. The number of rotatable bonds is 6. The van der Waals surface area contributed by atoms with Crippen LogP contribution < -0.4 is 10.6 Å². The van der Waals surface area contributed by atoms with Crippen molar-refractivity contribution in [3.8, 4) is 0 Å². The van der Waals surface area contributed by atoms with E-state index in [1.165, 1.54) is 23.9 Å². The van der Waals surface area contributed by atoms with Gasteiger partial charge in [0.15, 0.2) is 9.84 Å². The molecule has 148 valence electrons. The summed E-state index contributed by atoms with van der Waals surface area (Å²) in [5.41, 5.74) is 1.09. The van der Waals surface area contributed by atoms with Crippen LogP contribution in [0.15, 0.2) is 56.7 Å². The van der Waals surface area contributed by atoms with Crippen molar-refractivity contribution < 1.29 is 18.0 Å². The van der Waals surface area contributed by atoms with Gasteiger partial charge >= 0.3 is 0 Å². The molecule has 2 aromatic rings. The van der Waals surface area contributed by atoms with Crippen molar-refractivity contribution in [1.29, 1.82) is 0 Å².